The molecule has 0 spiro atoms. The van der Waals surface area contributed by atoms with E-state index in [4.69, 9.17) is 0 Å². The van der Waals surface area contributed by atoms with E-state index < -0.39 is 11.7 Å². The highest BCUT2D eigenvalue weighted by molar-refractivity contribution is 8.00. The van der Waals surface area contributed by atoms with Crippen LogP contribution in [0, 0.1) is 0 Å². The first-order valence-corrected chi connectivity index (χ1v) is 8.40. The molecule has 2 unspecified atom stereocenters. The summed E-state index contributed by atoms with van der Waals surface area (Å²) in [6.45, 7) is 4.85. The van der Waals surface area contributed by atoms with Crippen LogP contribution in [0.3, 0.4) is 0 Å². The number of rotatable bonds is 5. The van der Waals surface area contributed by atoms with Crippen molar-refractivity contribution in [3.63, 3.8) is 0 Å². The molecule has 2 rings (SSSR count). The minimum absolute atomic E-state index is 0.170. The summed E-state index contributed by atoms with van der Waals surface area (Å²) in [6, 6.07) is 5.73. The van der Waals surface area contributed by atoms with Gasteiger partial charge in [0.25, 0.3) is 0 Å². The molecule has 0 radical (unpaired) electrons. The van der Waals surface area contributed by atoms with Gasteiger partial charge in [-0.2, -0.15) is 24.9 Å². The van der Waals surface area contributed by atoms with Gasteiger partial charge >= 0.3 is 6.18 Å². The Morgan fingerprint density at radius 2 is 2.05 bits per heavy atom. The van der Waals surface area contributed by atoms with Gasteiger partial charge in [-0.1, -0.05) is 25.1 Å². The standard InChI is InChI=1S/C16H22F3NS/c1-3-10-20-14(15(2)9-6-11-21-15)12-7-4-5-8-13(12)16(17,18)19/h4-5,7-8,14,20H,3,6,9-11H2,1-2H3. The maximum atomic E-state index is 13.3. The van der Waals surface area contributed by atoms with Crippen molar-refractivity contribution in [2.75, 3.05) is 12.3 Å². The predicted octanol–water partition coefficient (Wildman–Crippen LogP) is 5.03. The molecule has 1 aromatic carbocycles. The average Bonchev–Trinajstić information content (AvgIpc) is 2.86. The highest BCUT2D eigenvalue weighted by Crippen LogP contribution is 2.48. The van der Waals surface area contributed by atoms with Gasteiger partial charge in [0, 0.05) is 10.8 Å². The quantitative estimate of drug-likeness (QED) is 0.817. The topological polar surface area (TPSA) is 12.0 Å². The van der Waals surface area contributed by atoms with Crippen LogP contribution in [0.15, 0.2) is 24.3 Å². The average molecular weight is 317 g/mol. The van der Waals surface area contributed by atoms with Crippen molar-refractivity contribution in [3.05, 3.63) is 35.4 Å². The smallest absolute Gasteiger partial charge is 0.309 e. The Hall–Kier alpha value is -0.680. The number of benzene rings is 1. The van der Waals surface area contributed by atoms with Gasteiger partial charge in [0.05, 0.1) is 5.56 Å². The van der Waals surface area contributed by atoms with Crippen molar-refractivity contribution in [1.82, 2.24) is 5.32 Å². The Morgan fingerprint density at radius 3 is 2.62 bits per heavy atom. The molecule has 118 valence electrons. The molecule has 0 amide bonds. The van der Waals surface area contributed by atoms with E-state index >= 15 is 0 Å². The van der Waals surface area contributed by atoms with Crippen molar-refractivity contribution in [1.29, 1.82) is 0 Å². The Kier molecular flexibility index (Phi) is 5.25. The van der Waals surface area contributed by atoms with E-state index in [1.807, 2.05) is 6.92 Å². The molecule has 0 bridgehead atoms. The lowest BCUT2D eigenvalue weighted by atomic mass is 9.87. The molecule has 0 aliphatic carbocycles. The molecule has 1 fully saturated rings. The highest BCUT2D eigenvalue weighted by atomic mass is 32.2. The predicted molar refractivity (Wildman–Crippen MR) is 82.6 cm³/mol. The molecule has 21 heavy (non-hydrogen) atoms. The van der Waals surface area contributed by atoms with E-state index in [2.05, 4.69) is 12.2 Å². The summed E-state index contributed by atoms with van der Waals surface area (Å²) in [4.78, 5) is 0. The first kappa shape index (κ1) is 16.7. The second kappa shape index (κ2) is 6.61. The van der Waals surface area contributed by atoms with Crippen LogP contribution in [0.4, 0.5) is 13.2 Å². The Bertz CT molecular complexity index is 467. The first-order valence-electron chi connectivity index (χ1n) is 7.42. The van der Waals surface area contributed by atoms with Gasteiger partial charge in [0.1, 0.15) is 0 Å². The summed E-state index contributed by atoms with van der Waals surface area (Å²) in [5.74, 6) is 1.02. The summed E-state index contributed by atoms with van der Waals surface area (Å²) in [5, 5.41) is 3.36. The molecular weight excluding hydrogens is 295 g/mol. The summed E-state index contributed by atoms with van der Waals surface area (Å²) < 4.78 is 39.8. The fraction of sp³-hybridized carbons (Fsp3) is 0.625. The fourth-order valence-electron chi connectivity index (χ4n) is 2.98. The number of hydrogen-bond acceptors (Lipinski definition) is 2. The third kappa shape index (κ3) is 3.75. The minimum atomic E-state index is -4.30. The Labute approximate surface area is 128 Å². The third-order valence-corrected chi connectivity index (χ3v) is 5.63. The maximum Gasteiger partial charge on any atom is 0.416 e. The molecule has 0 saturated carbocycles. The lowest BCUT2D eigenvalue weighted by Gasteiger charge is -2.36. The Morgan fingerprint density at radius 1 is 1.33 bits per heavy atom. The van der Waals surface area contributed by atoms with Crippen molar-refractivity contribution in [2.45, 2.75) is 50.1 Å². The second-order valence-electron chi connectivity index (χ2n) is 5.74. The van der Waals surface area contributed by atoms with E-state index in [0.717, 1.165) is 31.6 Å². The van der Waals surface area contributed by atoms with Crippen LogP contribution < -0.4 is 5.32 Å². The van der Waals surface area contributed by atoms with Crippen LogP contribution in [0.2, 0.25) is 0 Å². The van der Waals surface area contributed by atoms with Crippen molar-refractivity contribution < 1.29 is 13.2 Å². The highest BCUT2D eigenvalue weighted by Gasteiger charge is 2.43. The van der Waals surface area contributed by atoms with Gasteiger partial charge in [-0.3, -0.25) is 0 Å². The maximum absolute atomic E-state index is 13.3. The summed E-state index contributed by atoms with van der Waals surface area (Å²) in [7, 11) is 0. The summed E-state index contributed by atoms with van der Waals surface area (Å²) in [5.41, 5.74) is -0.123. The zero-order valence-electron chi connectivity index (χ0n) is 12.5. The fourth-order valence-corrected chi connectivity index (χ4v) is 4.40. The van der Waals surface area contributed by atoms with Gasteiger partial charge in [-0.05, 0) is 50.1 Å². The number of hydrogen-bond donors (Lipinski definition) is 1. The van der Waals surface area contributed by atoms with E-state index in [1.165, 1.54) is 12.1 Å². The molecular formula is C16H22F3NS. The van der Waals surface area contributed by atoms with Crippen molar-refractivity contribution in [3.8, 4) is 0 Å². The zero-order chi connectivity index (χ0) is 15.5. The van der Waals surface area contributed by atoms with E-state index in [0.29, 0.717) is 5.56 Å². The van der Waals surface area contributed by atoms with Crippen LogP contribution in [0.5, 0.6) is 0 Å². The van der Waals surface area contributed by atoms with E-state index in [9.17, 15) is 13.2 Å². The number of halogens is 3. The molecule has 2 atom stereocenters. The van der Waals surface area contributed by atoms with Crippen LogP contribution in [0.1, 0.15) is 50.3 Å². The molecule has 1 aliphatic rings. The Balaban J connectivity index is 2.41. The van der Waals surface area contributed by atoms with Crippen LogP contribution in [-0.2, 0) is 6.18 Å². The van der Waals surface area contributed by atoms with Gasteiger partial charge in [-0.15, -0.1) is 0 Å². The lowest BCUT2D eigenvalue weighted by Crippen LogP contribution is -2.39. The van der Waals surface area contributed by atoms with Gasteiger partial charge in [-0.25, -0.2) is 0 Å². The number of nitrogens with one attached hydrogen (secondary N) is 1. The molecule has 1 N–H and O–H groups in total. The normalized spacial score (nSPS) is 24.2. The second-order valence-corrected chi connectivity index (χ2v) is 7.37. The minimum Gasteiger partial charge on any atom is -0.309 e. The molecule has 1 aromatic rings. The summed E-state index contributed by atoms with van der Waals surface area (Å²) in [6.07, 6.45) is -1.38. The van der Waals surface area contributed by atoms with Gasteiger partial charge in [0.15, 0.2) is 0 Å². The first-order chi connectivity index (χ1) is 9.88. The summed E-state index contributed by atoms with van der Waals surface area (Å²) >= 11 is 1.79. The molecule has 1 nitrogen and oxygen atoms in total. The molecule has 1 aliphatic heterocycles. The van der Waals surface area contributed by atoms with Crippen molar-refractivity contribution >= 4 is 11.8 Å². The monoisotopic (exact) mass is 317 g/mol. The molecule has 1 saturated heterocycles. The largest absolute Gasteiger partial charge is 0.416 e. The SMILES string of the molecule is CCCNC(c1ccccc1C(F)(F)F)C1(C)CCCS1. The third-order valence-electron chi connectivity index (χ3n) is 4.04. The van der Waals surface area contributed by atoms with Crippen LogP contribution in [0.25, 0.3) is 0 Å². The molecule has 1 heterocycles. The van der Waals surface area contributed by atoms with E-state index in [-0.39, 0.29) is 10.8 Å². The van der Waals surface area contributed by atoms with Gasteiger partial charge < -0.3 is 5.32 Å². The number of alkyl halides is 3. The lowest BCUT2D eigenvalue weighted by molar-refractivity contribution is -0.138. The molecule has 5 heteroatoms. The van der Waals surface area contributed by atoms with Crippen molar-refractivity contribution in [2.24, 2.45) is 0 Å². The molecule has 0 aromatic heterocycles. The zero-order valence-corrected chi connectivity index (χ0v) is 13.3. The van der Waals surface area contributed by atoms with E-state index in [1.54, 1.807) is 23.9 Å². The van der Waals surface area contributed by atoms with Gasteiger partial charge in [0.2, 0.25) is 0 Å². The number of thioether (sulfide) groups is 1. The van der Waals surface area contributed by atoms with Crippen LogP contribution in [-0.4, -0.2) is 17.0 Å². The van der Waals surface area contributed by atoms with Crippen LogP contribution >= 0.6 is 11.8 Å².